The molecule has 0 spiro atoms. The summed E-state index contributed by atoms with van der Waals surface area (Å²) in [6.07, 6.45) is 3.33. The minimum absolute atomic E-state index is 0.187. The van der Waals surface area contributed by atoms with E-state index in [4.69, 9.17) is 13.9 Å². The summed E-state index contributed by atoms with van der Waals surface area (Å²) in [5.41, 5.74) is 4.06. The first-order valence-corrected chi connectivity index (χ1v) is 7.66. The van der Waals surface area contributed by atoms with E-state index in [9.17, 15) is 10.2 Å². The van der Waals surface area contributed by atoms with E-state index in [2.05, 4.69) is 5.73 Å². The van der Waals surface area contributed by atoms with Gasteiger partial charge in [0, 0.05) is 12.8 Å². The first-order valence-electron chi connectivity index (χ1n) is 7.66. The van der Waals surface area contributed by atoms with Crippen molar-refractivity contribution in [3.8, 4) is 0 Å². The van der Waals surface area contributed by atoms with Crippen molar-refractivity contribution >= 4 is 0 Å². The Kier molecular flexibility index (Phi) is 6.44. The van der Waals surface area contributed by atoms with Gasteiger partial charge in [-0.1, -0.05) is 6.92 Å². The number of hydrogen-bond donors (Lipinski definition) is 3. The zero-order valence-corrected chi connectivity index (χ0v) is 13.1. The summed E-state index contributed by atoms with van der Waals surface area (Å²) < 4.78 is 10.5. The van der Waals surface area contributed by atoms with Crippen LogP contribution in [0.25, 0.3) is 0 Å². The molecular weight excluding hydrogens is 296 g/mol. The van der Waals surface area contributed by atoms with Crippen LogP contribution in [0.15, 0.2) is 56.7 Å². The number of aliphatic hydroxyl groups is 3. The van der Waals surface area contributed by atoms with E-state index in [0.29, 0.717) is 30.1 Å². The van der Waals surface area contributed by atoms with Crippen LogP contribution < -0.4 is 0 Å². The van der Waals surface area contributed by atoms with Crippen molar-refractivity contribution in [2.45, 2.75) is 45.0 Å². The first-order chi connectivity index (χ1) is 11.1. The average molecular weight is 318 g/mol. The van der Waals surface area contributed by atoms with Crippen molar-refractivity contribution in [3.05, 3.63) is 65.2 Å². The second-order valence-electron chi connectivity index (χ2n) is 5.25. The Balaban J connectivity index is 1.95. The van der Waals surface area contributed by atoms with Crippen molar-refractivity contribution in [2.24, 2.45) is 0 Å². The number of hydrogen-bond acceptors (Lipinski definition) is 5. The normalized spacial score (nSPS) is 13.4. The lowest BCUT2D eigenvalue weighted by atomic mass is 10.0. The van der Waals surface area contributed by atoms with E-state index in [1.807, 2.05) is 6.92 Å². The summed E-state index contributed by atoms with van der Waals surface area (Å²) in [5.74, 6) is 1.38. The predicted molar refractivity (Wildman–Crippen MR) is 84.4 cm³/mol. The van der Waals surface area contributed by atoms with E-state index in [0.717, 1.165) is 12.0 Å². The van der Waals surface area contributed by atoms with E-state index in [1.165, 1.54) is 6.26 Å². The zero-order valence-electron chi connectivity index (χ0n) is 13.1. The maximum absolute atomic E-state index is 10.1. The van der Waals surface area contributed by atoms with Gasteiger partial charge in [0.05, 0.1) is 6.26 Å². The summed E-state index contributed by atoms with van der Waals surface area (Å²) >= 11 is 0. The maximum atomic E-state index is 10.1. The molecule has 0 amide bonds. The highest BCUT2D eigenvalue weighted by atomic mass is 16.4. The van der Waals surface area contributed by atoms with Crippen LogP contribution in [0.3, 0.4) is 0 Å². The molecule has 3 N–H and O–H groups in total. The Morgan fingerprint density at radius 3 is 2.65 bits per heavy atom. The van der Waals surface area contributed by atoms with E-state index in [1.54, 1.807) is 30.3 Å². The van der Waals surface area contributed by atoms with E-state index in [-0.39, 0.29) is 6.61 Å². The van der Waals surface area contributed by atoms with Crippen LogP contribution >= 0.6 is 0 Å². The summed E-state index contributed by atoms with van der Waals surface area (Å²) in [5, 5.41) is 29.0. The van der Waals surface area contributed by atoms with Crippen LogP contribution in [0, 0.1) is 0 Å². The minimum atomic E-state index is -0.782. The molecule has 0 aliphatic rings. The number of rotatable bonds is 8. The van der Waals surface area contributed by atoms with Gasteiger partial charge in [-0.2, -0.15) is 0 Å². The summed E-state index contributed by atoms with van der Waals surface area (Å²) in [6, 6.07) is 6.76. The Hall–Kier alpha value is -2.04. The fourth-order valence-corrected chi connectivity index (χ4v) is 2.21. The molecule has 0 radical (unpaired) electrons. The maximum Gasteiger partial charge on any atom is 0.133 e. The Morgan fingerprint density at radius 2 is 2.04 bits per heavy atom. The van der Waals surface area contributed by atoms with Crippen LogP contribution in [-0.2, 0) is 6.61 Å². The highest BCUT2D eigenvalue weighted by Crippen LogP contribution is 2.23. The van der Waals surface area contributed by atoms with Crippen LogP contribution in [0.1, 0.15) is 55.7 Å². The standard InChI is InChI=1S/C18H22O5/c1-2-13(11-16(21)17-7-4-10-22-17)5-3-6-15(20)18-9-8-14(12-19)23-18/h3-4,7-10,15-16,19-21H,2,6,11-12H2,1H3/t5?,15-,16-/m1/s1. The highest BCUT2D eigenvalue weighted by molar-refractivity contribution is 5.12. The molecule has 2 rings (SSSR count). The zero-order chi connectivity index (χ0) is 16.7. The third-order valence-electron chi connectivity index (χ3n) is 3.55. The summed E-state index contributed by atoms with van der Waals surface area (Å²) in [6.45, 7) is 1.80. The largest absolute Gasteiger partial charge is 0.467 e. The van der Waals surface area contributed by atoms with Gasteiger partial charge in [-0.3, -0.25) is 0 Å². The smallest absolute Gasteiger partial charge is 0.133 e. The molecule has 0 aliphatic carbocycles. The Labute approximate surface area is 135 Å². The third-order valence-corrected chi connectivity index (χ3v) is 3.55. The monoisotopic (exact) mass is 318 g/mol. The Morgan fingerprint density at radius 1 is 1.22 bits per heavy atom. The van der Waals surface area contributed by atoms with Crippen molar-refractivity contribution < 1.29 is 24.2 Å². The van der Waals surface area contributed by atoms with Crippen molar-refractivity contribution in [2.75, 3.05) is 0 Å². The Bertz CT molecular complexity index is 647. The fraction of sp³-hybridized carbons (Fsp3) is 0.389. The number of aliphatic hydroxyl groups excluding tert-OH is 3. The molecule has 23 heavy (non-hydrogen) atoms. The fourth-order valence-electron chi connectivity index (χ4n) is 2.21. The molecule has 0 aromatic carbocycles. The molecule has 0 saturated heterocycles. The lowest BCUT2D eigenvalue weighted by Gasteiger charge is -2.08. The average Bonchev–Trinajstić information content (AvgIpc) is 3.24. The predicted octanol–water partition coefficient (Wildman–Crippen LogP) is 3.40. The molecule has 2 heterocycles. The second kappa shape index (κ2) is 8.56. The van der Waals surface area contributed by atoms with Crippen LogP contribution in [0.4, 0.5) is 0 Å². The lowest BCUT2D eigenvalue weighted by Crippen LogP contribution is -1.97. The van der Waals surface area contributed by atoms with Crippen LogP contribution in [-0.4, -0.2) is 15.3 Å². The molecule has 124 valence electrons. The number of furan rings is 2. The van der Waals surface area contributed by atoms with Gasteiger partial charge in [-0.15, -0.1) is 5.73 Å². The van der Waals surface area contributed by atoms with Crippen molar-refractivity contribution in [1.82, 2.24) is 0 Å². The molecule has 0 bridgehead atoms. The molecule has 0 aliphatic heterocycles. The summed E-state index contributed by atoms with van der Waals surface area (Å²) in [4.78, 5) is 0. The molecule has 5 heteroatoms. The quantitative estimate of drug-likeness (QED) is 0.649. The third kappa shape index (κ3) is 4.98. The van der Waals surface area contributed by atoms with Crippen molar-refractivity contribution in [3.63, 3.8) is 0 Å². The topological polar surface area (TPSA) is 87.0 Å². The van der Waals surface area contributed by atoms with E-state index < -0.39 is 12.2 Å². The van der Waals surface area contributed by atoms with Gasteiger partial charge in [-0.25, -0.2) is 0 Å². The van der Waals surface area contributed by atoms with Crippen LogP contribution in [0.5, 0.6) is 0 Å². The lowest BCUT2D eigenvalue weighted by molar-refractivity contribution is 0.145. The molecule has 0 saturated carbocycles. The van der Waals surface area contributed by atoms with Gasteiger partial charge in [0.25, 0.3) is 0 Å². The molecular formula is C18H22O5. The van der Waals surface area contributed by atoms with Crippen LogP contribution in [0.2, 0.25) is 0 Å². The second-order valence-corrected chi connectivity index (χ2v) is 5.25. The van der Waals surface area contributed by atoms with Gasteiger partial charge < -0.3 is 24.2 Å². The SMILES string of the molecule is CCC(=C=CC[C@@H](O)c1ccc(CO)o1)C[C@@H](O)c1ccco1. The first kappa shape index (κ1) is 17.3. The highest BCUT2D eigenvalue weighted by Gasteiger charge is 2.12. The molecule has 2 atom stereocenters. The van der Waals surface area contributed by atoms with Gasteiger partial charge >= 0.3 is 0 Å². The van der Waals surface area contributed by atoms with E-state index >= 15 is 0 Å². The van der Waals surface area contributed by atoms with Gasteiger partial charge in [-0.05, 0) is 42.3 Å². The minimum Gasteiger partial charge on any atom is -0.467 e. The van der Waals surface area contributed by atoms with Gasteiger partial charge in [0.15, 0.2) is 0 Å². The molecule has 5 nitrogen and oxygen atoms in total. The van der Waals surface area contributed by atoms with Crippen molar-refractivity contribution in [1.29, 1.82) is 0 Å². The van der Waals surface area contributed by atoms with Gasteiger partial charge in [0.2, 0.25) is 0 Å². The molecule has 2 aromatic rings. The molecule has 0 fully saturated rings. The molecule has 2 aromatic heterocycles. The summed E-state index contributed by atoms with van der Waals surface area (Å²) in [7, 11) is 0. The van der Waals surface area contributed by atoms with Gasteiger partial charge in [0.1, 0.15) is 36.1 Å². The molecule has 0 unspecified atom stereocenters.